The van der Waals surface area contributed by atoms with E-state index in [1.165, 1.54) is 23.3 Å². The van der Waals surface area contributed by atoms with Crippen LogP contribution in [0.25, 0.3) is 0 Å². The summed E-state index contributed by atoms with van der Waals surface area (Å²) in [6, 6.07) is 2.04. The van der Waals surface area contributed by atoms with E-state index in [4.69, 9.17) is 9.47 Å². The number of aryl methyl sites for hydroxylation is 2. The van der Waals surface area contributed by atoms with Crippen molar-refractivity contribution in [2.24, 2.45) is 11.8 Å². The van der Waals surface area contributed by atoms with E-state index in [0.29, 0.717) is 5.92 Å². The highest BCUT2D eigenvalue weighted by Gasteiger charge is 2.46. The third-order valence-electron chi connectivity index (χ3n) is 6.53. The fourth-order valence-electron chi connectivity index (χ4n) is 4.43. The lowest BCUT2D eigenvalue weighted by Crippen LogP contribution is -2.49. The van der Waals surface area contributed by atoms with E-state index in [-0.39, 0.29) is 11.5 Å². The number of thiophene rings is 1. The molecule has 2 aliphatic heterocycles. The van der Waals surface area contributed by atoms with Gasteiger partial charge in [-0.05, 0) is 75.8 Å². The molecule has 1 atom stereocenters. The molecule has 5 heteroatoms. The molecule has 3 aliphatic rings. The molecule has 4 nitrogen and oxygen atoms in total. The van der Waals surface area contributed by atoms with Crippen LogP contribution in [0.5, 0.6) is 0 Å². The van der Waals surface area contributed by atoms with Crippen LogP contribution in [0.15, 0.2) is 6.07 Å². The molecule has 0 radical (unpaired) electrons. The molecule has 1 aromatic heterocycles. The number of likely N-dealkylation sites (tertiary alicyclic amines) is 1. The Balaban J connectivity index is 1.30. The Labute approximate surface area is 160 Å². The SMILES string of the molecule is Cc1cc(C(=O)N2CCC3(CC2)OCC[C@@H]3CCOCC2CC2)sc1C. The molecule has 1 amide bonds. The maximum absolute atomic E-state index is 12.8. The molecule has 0 N–H and O–H groups in total. The first-order valence-corrected chi connectivity index (χ1v) is 11.0. The fourth-order valence-corrected chi connectivity index (χ4v) is 5.43. The average Bonchev–Trinajstić information content (AvgIpc) is 3.31. The third-order valence-corrected chi connectivity index (χ3v) is 7.68. The van der Waals surface area contributed by atoms with Crippen molar-refractivity contribution in [3.63, 3.8) is 0 Å². The zero-order valence-corrected chi connectivity index (χ0v) is 16.9. The van der Waals surface area contributed by atoms with Gasteiger partial charge in [0.15, 0.2) is 0 Å². The number of hydrogen-bond donors (Lipinski definition) is 0. The topological polar surface area (TPSA) is 38.8 Å². The second-order valence-corrected chi connectivity index (χ2v) is 9.60. The molecule has 3 heterocycles. The number of ether oxygens (including phenoxy) is 2. The van der Waals surface area contributed by atoms with Crippen molar-refractivity contribution >= 4 is 17.2 Å². The van der Waals surface area contributed by atoms with Gasteiger partial charge in [0.2, 0.25) is 0 Å². The van der Waals surface area contributed by atoms with E-state index in [9.17, 15) is 4.79 Å². The summed E-state index contributed by atoms with van der Waals surface area (Å²) in [5.74, 6) is 1.62. The Bertz CT molecular complexity index is 624. The second-order valence-electron chi connectivity index (χ2n) is 8.35. The lowest BCUT2D eigenvalue weighted by atomic mass is 9.78. The Morgan fingerprint density at radius 2 is 2.08 bits per heavy atom. The number of carbonyl (C=O) groups excluding carboxylic acids is 1. The van der Waals surface area contributed by atoms with E-state index < -0.39 is 0 Å². The first kappa shape index (κ1) is 18.5. The predicted octanol–water partition coefficient (Wildman–Crippen LogP) is 4.19. The van der Waals surface area contributed by atoms with Crippen LogP contribution in [0.1, 0.15) is 58.6 Å². The predicted molar refractivity (Wildman–Crippen MR) is 104 cm³/mol. The minimum absolute atomic E-state index is 0.0129. The molecule has 4 rings (SSSR count). The second kappa shape index (κ2) is 7.61. The largest absolute Gasteiger partial charge is 0.381 e. The molecule has 0 aromatic carbocycles. The first-order valence-electron chi connectivity index (χ1n) is 10.2. The van der Waals surface area contributed by atoms with Crippen molar-refractivity contribution in [2.75, 3.05) is 32.9 Å². The van der Waals surface area contributed by atoms with Gasteiger partial charge < -0.3 is 14.4 Å². The highest BCUT2D eigenvalue weighted by Crippen LogP contribution is 2.42. The van der Waals surface area contributed by atoms with Crippen molar-refractivity contribution in [1.29, 1.82) is 0 Å². The summed E-state index contributed by atoms with van der Waals surface area (Å²) in [7, 11) is 0. The minimum atomic E-state index is -0.0129. The van der Waals surface area contributed by atoms with Crippen LogP contribution < -0.4 is 0 Å². The summed E-state index contributed by atoms with van der Waals surface area (Å²) in [5, 5.41) is 0. The quantitative estimate of drug-likeness (QED) is 0.698. The van der Waals surface area contributed by atoms with Gasteiger partial charge in [-0.2, -0.15) is 0 Å². The Hall–Kier alpha value is -0.910. The van der Waals surface area contributed by atoms with Gasteiger partial charge in [0.25, 0.3) is 5.91 Å². The highest BCUT2D eigenvalue weighted by molar-refractivity contribution is 7.14. The van der Waals surface area contributed by atoms with E-state index in [1.807, 2.05) is 11.0 Å². The smallest absolute Gasteiger partial charge is 0.263 e. The molecule has 26 heavy (non-hydrogen) atoms. The number of rotatable bonds is 6. The molecule has 2 saturated heterocycles. The van der Waals surface area contributed by atoms with Crippen molar-refractivity contribution < 1.29 is 14.3 Å². The zero-order valence-electron chi connectivity index (χ0n) is 16.1. The number of hydrogen-bond acceptors (Lipinski definition) is 4. The summed E-state index contributed by atoms with van der Waals surface area (Å²) in [6.45, 7) is 8.47. The monoisotopic (exact) mass is 377 g/mol. The number of carbonyl (C=O) groups is 1. The Morgan fingerprint density at radius 1 is 1.31 bits per heavy atom. The van der Waals surface area contributed by atoms with Crippen LogP contribution in [-0.2, 0) is 9.47 Å². The van der Waals surface area contributed by atoms with E-state index in [2.05, 4.69) is 13.8 Å². The first-order chi connectivity index (χ1) is 12.6. The lowest BCUT2D eigenvalue weighted by Gasteiger charge is -2.42. The summed E-state index contributed by atoms with van der Waals surface area (Å²) >= 11 is 1.62. The summed E-state index contributed by atoms with van der Waals surface area (Å²) in [4.78, 5) is 17.0. The van der Waals surface area contributed by atoms with Crippen LogP contribution in [0.3, 0.4) is 0 Å². The molecule has 1 aliphatic carbocycles. The van der Waals surface area contributed by atoms with Gasteiger partial charge in [-0.15, -0.1) is 11.3 Å². The molecule has 0 unspecified atom stereocenters. The standard InChI is InChI=1S/C21H31NO3S/c1-15-13-19(26-16(15)2)20(23)22-9-7-21(8-10-22)18(6-12-25-21)5-11-24-14-17-3-4-17/h13,17-18H,3-12,14H2,1-2H3/t18-/m0/s1. The van der Waals surface area contributed by atoms with Gasteiger partial charge in [-0.1, -0.05) is 0 Å². The molecule has 1 saturated carbocycles. The van der Waals surface area contributed by atoms with E-state index in [1.54, 1.807) is 11.3 Å². The number of amides is 1. The zero-order chi connectivity index (χ0) is 18.1. The van der Waals surface area contributed by atoms with Crippen molar-refractivity contribution in [2.45, 2.75) is 58.0 Å². The van der Waals surface area contributed by atoms with Crippen LogP contribution in [0.2, 0.25) is 0 Å². The van der Waals surface area contributed by atoms with Gasteiger partial charge in [0.1, 0.15) is 0 Å². The maximum Gasteiger partial charge on any atom is 0.263 e. The fraction of sp³-hybridized carbons (Fsp3) is 0.762. The van der Waals surface area contributed by atoms with Gasteiger partial charge in [-0.25, -0.2) is 0 Å². The third kappa shape index (κ3) is 3.85. The van der Waals surface area contributed by atoms with Crippen LogP contribution >= 0.6 is 11.3 Å². The van der Waals surface area contributed by atoms with Gasteiger partial charge in [-0.3, -0.25) is 4.79 Å². The molecule has 1 aromatic rings. The number of piperidine rings is 1. The van der Waals surface area contributed by atoms with Crippen LogP contribution in [0, 0.1) is 25.7 Å². The molecule has 0 bridgehead atoms. The van der Waals surface area contributed by atoms with Gasteiger partial charge in [0, 0.05) is 37.8 Å². The maximum atomic E-state index is 12.8. The molecule has 3 fully saturated rings. The van der Waals surface area contributed by atoms with E-state index >= 15 is 0 Å². The van der Waals surface area contributed by atoms with Crippen LogP contribution in [-0.4, -0.2) is 49.3 Å². The Kier molecular flexibility index (Phi) is 5.40. The molecular formula is C21H31NO3S. The highest BCUT2D eigenvalue weighted by atomic mass is 32.1. The van der Waals surface area contributed by atoms with Crippen LogP contribution in [0.4, 0.5) is 0 Å². The van der Waals surface area contributed by atoms with Gasteiger partial charge in [0.05, 0.1) is 10.5 Å². The van der Waals surface area contributed by atoms with Crippen molar-refractivity contribution in [3.05, 3.63) is 21.4 Å². The molecular weight excluding hydrogens is 346 g/mol. The molecule has 1 spiro atoms. The summed E-state index contributed by atoms with van der Waals surface area (Å²) in [5.41, 5.74) is 1.21. The minimum Gasteiger partial charge on any atom is -0.381 e. The Morgan fingerprint density at radius 3 is 2.73 bits per heavy atom. The van der Waals surface area contributed by atoms with Crippen molar-refractivity contribution in [1.82, 2.24) is 4.90 Å². The lowest BCUT2D eigenvalue weighted by molar-refractivity contribution is -0.0672. The molecule has 144 valence electrons. The van der Waals surface area contributed by atoms with Gasteiger partial charge >= 0.3 is 0 Å². The van der Waals surface area contributed by atoms with Crippen molar-refractivity contribution in [3.8, 4) is 0 Å². The summed E-state index contributed by atoms with van der Waals surface area (Å²) in [6.07, 6.45) is 6.88. The number of nitrogens with zero attached hydrogens (tertiary/aromatic N) is 1. The average molecular weight is 378 g/mol. The normalized spacial score (nSPS) is 25.2. The van der Waals surface area contributed by atoms with E-state index in [0.717, 1.165) is 69.4 Å². The summed E-state index contributed by atoms with van der Waals surface area (Å²) < 4.78 is 12.1.